The molecular formula is C11H22N2O3. The van der Waals surface area contributed by atoms with Crippen LogP contribution in [0.2, 0.25) is 0 Å². The fraction of sp³-hybridized carbons (Fsp3) is 0.818. The van der Waals surface area contributed by atoms with Crippen LogP contribution >= 0.6 is 0 Å². The summed E-state index contributed by atoms with van der Waals surface area (Å²) in [4.78, 5) is 23.9. The van der Waals surface area contributed by atoms with Gasteiger partial charge in [-0.05, 0) is 20.8 Å². The summed E-state index contributed by atoms with van der Waals surface area (Å²) in [6.45, 7) is 10.5. The molecule has 1 aliphatic rings. The highest BCUT2D eigenvalue weighted by Gasteiger charge is 2.25. The third-order valence-corrected chi connectivity index (χ3v) is 1.69. The summed E-state index contributed by atoms with van der Waals surface area (Å²) in [5.74, 6) is -0.137. The Balaban J connectivity index is 0.00000106. The van der Waals surface area contributed by atoms with E-state index in [9.17, 15) is 9.59 Å². The number of rotatable bonds is 0. The maximum absolute atomic E-state index is 11.5. The quantitative estimate of drug-likeness (QED) is 0.684. The minimum Gasteiger partial charge on any atom is -0.444 e. The van der Waals surface area contributed by atoms with Crippen LogP contribution in [0.3, 0.4) is 0 Å². The summed E-state index contributed by atoms with van der Waals surface area (Å²) in [6, 6.07) is 0. The molecule has 5 heteroatoms. The number of hydrogen-bond donors (Lipinski definition) is 1. The van der Waals surface area contributed by atoms with Crippen LogP contribution in [0.5, 0.6) is 0 Å². The second-order valence-corrected chi connectivity index (χ2v) is 4.25. The maximum Gasteiger partial charge on any atom is 0.410 e. The fourth-order valence-electron chi connectivity index (χ4n) is 1.12. The summed E-state index contributed by atoms with van der Waals surface area (Å²) in [7, 11) is 0. The van der Waals surface area contributed by atoms with Gasteiger partial charge in [-0.15, -0.1) is 0 Å². The fourth-order valence-corrected chi connectivity index (χ4v) is 1.12. The third-order valence-electron chi connectivity index (χ3n) is 1.69. The number of nitrogens with zero attached hydrogens (tertiary/aromatic N) is 1. The molecule has 5 nitrogen and oxygen atoms in total. The number of carbonyl (C=O) groups excluding carboxylic acids is 2. The first-order chi connectivity index (χ1) is 7.38. The van der Waals surface area contributed by atoms with E-state index >= 15 is 0 Å². The normalized spacial score (nSPS) is 15.8. The Bertz CT molecular complexity index is 246. The van der Waals surface area contributed by atoms with Crippen LogP contribution in [-0.2, 0) is 9.53 Å². The number of ether oxygens (including phenoxy) is 1. The Kier molecular flexibility index (Phi) is 5.85. The molecule has 0 atom stereocenters. The molecule has 0 bridgehead atoms. The number of carbonyl (C=O) groups is 2. The van der Waals surface area contributed by atoms with Gasteiger partial charge in [0.2, 0.25) is 5.91 Å². The predicted molar refractivity (Wildman–Crippen MR) is 62.2 cm³/mol. The predicted octanol–water partition coefficient (Wildman–Crippen LogP) is 1.38. The van der Waals surface area contributed by atoms with Crippen LogP contribution in [0.15, 0.2) is 0 Å². The average molecular weight is 230 g/mol. The van der Waals surface area contributed by atoms with Crippen LogP contribution in [-0.4, -0.2) is 42.1 Å². The van der Waals surface area contributed by atoms with Gasteiger partial charge in [0.1, 0.15) is 12.1 Å². The highest BCUT2D eigenvalue weighted by molar-refractivity contribution is 5.83. The summed E-state index contributed by atoms with van der Waals surface area (Å²) in [5, 5.41) is 2.64. The van der Waals surface area contributed by atoms with Gasteiger partial charge in [0, 0.05) is 13.1 Å². The van der Waals surface area contributed by atoms with Gasteiger partial charge >= 0.3 is 6.09 Å². The topological polar surface area (TPSA) is 58.6 Å². The molecule has 0 saturated carbocycles. The lowest BCUT2D eigenvalue weighted by atomic mass is 10.2. The van der Waals surface area contributed by atoms with Crippen molar-refractivity contribution in [3.05, 3.63) is 0 Å². The molecule has 0 aromatic carbocycles. The first-order valence-corrected chi connectivity index (χ1v) is 5.63. The molecule has 1 N–H and O–H groups in total. The van der Waals surface area contributed by atoms with Crippen LogP contribution in [0, 0.1) is 0 Å². The van der Waals surface area contributed by atoms with Crippen LogP contribution in [0.1, 0.15) is 34.6 Å². The lowest BCUT2D eigenvalue weighted by molar-refractivity contribution is -0.124. The lowest BCUT2D eigenvalue weighted by Crippen LogP contribution is -2.51. The number of hydrogen-bond acceptors (Lipinski definition) is 3. The molecule has 1 aliphatic heterocycles. The van der Waals surface area contributed by atoms with Gasteiger partial charge in [0.25, 0.3) is 0 Å². The summed E-state index contributed by atoms with van der Waals surface area (Å²) >= 11 is 0. The Labute approximate surface area is 97.1 Å². The molecule has 0 aromatic rings. The van der Waals surface area contributed by atoms with Gasteiger partial charge in [-0.2, -0.15) is 0 Å². The van der Waals surface area contributed by atoms with E-state index in [4.69, 9.17) is 4.74 Å². The standard InChI is InChI=1S/C9H16N2O3.C2H6/c1-9(2,3)14-8(13)11-5-4-10-7(12)6-11;1-2/h4-6H2,1-3H3,(H,10,12);1-2H3. The molecule has 0 spiro atoms. The molecule has 1 rings (SSSR count). The van der Waals surface area contributed by atoms with Crippen molar-refractivity contribution in [2.75, 3.05) is 19.6 Å². The molecule has 0 aliphatic carbocycles. The van der Waals surface area contributed by atoms with Crippen LogP contribution in [0.25, 0.3) is 0 Å². The van der Waals surface area contributed by atoms with E-state index in [1.165, 1.54) is 4.90 Å². The highest BCUT2D eigenvalue weighted by atomic mass is 16.6. The molecule has 94 valence electrons. The van der Waals surface area contributed by atoms with Crippen molar-refractivity contribution in [2.24, 2.45) is 0 Å². The van der Waals surface area contributed by atoms with E-state index in [2.05, 4.69) is 5.32 Å². The molecule has 1 fully saturated rings. The average Bonchev–Trinajstić information content (AvgIpc) is 2.18. The van der Waals surface area contributed by atoms with Crippen LogP contribution in [0.4, 0.5) is 4.79 Å². The van der Waals surface area contributed by atoms with Crippen molar-refractivity contribution in [1.29, 1.82) is 0 Å². The minimum absolute atomic E-state index is 0.0922. The Morgan fingerprint density at radius 3 is 2.38 bits per heavy atom. The smallest absolute Gasteiger partial charge is 0.410 e. The first-order valence-electron chi connectivity index (χ1n) is 5.63. The van der Waals surface area contributed by atoms with E-state index in [1.54, 1.807) is 20.8 Å². The minimum atomic E-state index is -0.509. The lowest BCUT2D eigenvalue weighted by Gasteiger charge is -2.29. The van der Waals surface area contributed by atoms with E-state index in [0.717, 1.165) is 0 Å². The van der Waals surface area contributed by atoms with Gasteiger partial charge in [-0.3, -0.25) is 9.69 Å². The second kappa shape index (κ2) is 6.35. The van der Waals surface area contributed by atoms with Crippen molar-refractivity contribution in [1.82, 2.24) is 10.2 Å². The monoisotopic (exact) mass is 230 g/mol. The zero-order valence-electron chi connectivity index (χ0n) is 10.8. The van der Waals surface area contributed by atoms with Crippen molar-refractivity contribution >= 4 is 12.0 Å². The molecule has 1 heterocycles. The number of piperazine rings is 1. The van der Waals surface area contributed by atoms with Crippen LogP contribution < -0.4 is 5.32 Å². The van der Waals surface area contributed by atoms with Crippen molar-refractivity contribution in [2.45, 2.75) is 40.2 Å². The largest absolute Gasteiger partial charge is 0.444 e. The molecule has 2 amide bonds. The van der Waals surface area contributed by atoms with Gasteiger partial charge in [-0.25, -0.2) is 4.79 Å². The first kappa shape index (κ1) is 14.7. The van der Waals surface area contributed by atoms with E-state index in [-0.39, 0.29) is 12.5 Å². The zero-order valence-corrected chi connectivity index (χ0v) is 10.8. The molecule has 1 saturated heterocycles. The maximum atomic E-state index is 11.5. The number of amides is 2. The molecule has 0 radical (unpaired) electrons. The molecule has 16 heavy (non-hydrogen) atoms. The summed E-state index contributed by atoms with van der Waals surface area (Å²) < 4.78 is 5.13. The van der Waals surface area contributed by atoms with Crippen molar-refractivity contribution in [3.63, 3.8) is 0 Å². The van der Waals surface area contributed by atoms with Gasteiger partial charge < -0.3 is 10.1 Å². The van der Waals surface area contributed by atoms with Gasteiger partial charge in [0.05, 0.1) is 0 Å². The Morgan fingerprint density at radius 2 is 1.94 bits per heavy atom. The Morgan fingerprint density at radius 1 is 1.38 bits per heavy atom. The van der Waals surface area contributed by atoms with Crippen molar-refractivity contribution in [3.8, 4) is 0 Å². The van der Waals surface area contributed by atoms with Crippen molar-refractivity contribution < 1.29 is 14.3 Å². The summed E-state index contributed by atoms with van der Waals surface area (Å²) in [5.41, 5.74) is -0.509. The van der Waals surface area contributed by atoms with Gasteiger partial charge in [0.15, 0.2) is 0 Å². The summed E-state index contributed by atoms with van der Waals surface area (Å²) in [6.07, 6.45) is -0.424. The third kappa shape index (κ3) is 5.58. The number of nitrogens with one attached hydrogen (secondary N) is 1. The highest BCUT2D eigenvalue weighted by Crippen LogP contribution is 2.10. The molecule has 0 unspecified atom stereocenters. The zero-order chi connectivity index (χ0) is 12.8. The van der Waals surface area contributed by atoms with E-state index < -0.39 is 11.7 Å². The molecular weight excluding hydrogens is 208 g/mol. The van der Waals surface area contributed by atoms with Gasteiger partial charge in [-0.1, -0.05) is 13.8 Å². The van der Waals surface area contributed by atoms with E-state index in [0.29, 0.717) is 13.1 Å². The Hall–Kier alpha value is -1.26. The SMILES string of the molecule is CC.CC(C)(C)OC(=O)N1CCNC(=O)C1. The molecule has 0 aromatic heterocycles. The van der Waals surface area contributed by atoms with E-state index in [1.807, 2.05) is 13.8 Å². The second-order valence-electron chi connectivity index (χ2n) is 4.25.